The van der Waals surface area contributed by atoms with Crippen molar-refractivity contribution in [3.05, 3.63) is 72.3 Å². The summed E-state index contributed by atoms with van der Waals surface area (Å²) in [5.74, 6) is 1.54. The Kier molecular flexibility index (Phi) is 8.66. The lowest BCUT2D eigenvalue weighted by molar-refractivity contribution is 0.261. The summed E-state index contributed by atoms with van der Waals surface area (Å²) < 4.78 is 45.2. The first-order valence-corrected chi connectivity index (χ1v) is 13.6. The average Bonchev–Trinajstić information content (AvgIpc) is 3.37. The van der Waals surface area contributed by atoms with Crippen molar-refractivity contribution in [2.45, 2.75) is 23.8 Å². The lowest BCUT2D eigenvalue weighted by atomic mass is 10.0. The van der Waals surface area contributed by atoms with E-state index in [4.69, 9.17) is 19.5 Å². The van der Waals surface area contributed by atoms with Crippen LogP contribution >= 0.6 is 0 Å². The van der Waals surface area contributed by atoms with Gasteiger partial charge in [0.05, 0.1) is 32.5 Å². The van der Waals surface area contributed by atoms with Crippen LogP contribution in [0, 0.1) is 11.3 Å². The Morgan fingerprint density at radius 1 is 0.973 bits per heavy atom. The lowest BCUT2D eigenvalue weighted by Gasteiger charge is -2.18. The average molecular weight is 522 g/mol. The van der Waals surface area contributed by atoms with Crippen molar-refractivity contribution in [1.82, 2.24) is 9.62 Å². The Morgan fingerprint density at radius 2 is 1.65 bits per heavy atom. The molecule has 0 amide bonds. The number of likely N-dealkylation sites (tertiary alicyclic amines) is 1. The number of sulfonamides is 1. The molecule has 1 saturated heterocycles. The first-order valence-electron chi connectivity index (χ1n) is 12.1. The second-order valence-electron chi connectivity index (χ2n) is 8.84. The van der Waals surface area contributed by atoms with Crippen LogP contribution in [0.4, 0.5) is 0 Å². The Hall–Kier alpha value is -3.58. The van der Waals surface area contributed by atoms with Gasteiger partial charge in [-0.2, -0.15) is 5.26 Å². The Balaban J connectivity index is 1.22. The molecule has 1 atom stereocenters. The molecule has 1 heterocycles. The number of hydrogen-bond acceptors (Lipinski definition) is 7. The van der Waals surface area contributed by atoms with Crippen LogP contribution in [-0.4, -0.2) is 59.8 Å². The highest BCUT2D eigenvalue weighted by atomic mass is 32.2. The normalized spacial score (nSPS) is 15.8. The van der Waals surface area contributed by atoms with E-state index in [0.29, 0.717) is 24.5 Å². The third kappa shape index (κ3) is 6.80. The molecule has 37 heavy (non-hydrogen) atoms. The zero-order valence-corrected chi connectivity index (χ0v) is 21.8. The zero-order chi connectivity index (χ0) is 26.3. The molecule has 1 N–H and O–H groups in total. The van der Waals surface area contributed by atoms with E-state index in [2.05, 4.69) is 15.7 Å². The summed E-state index contributed by atoms with van der Waals surface area (Å²) >= 11 is 0. The second kappa shape index (κ2) is 12.1. The highest BCUT2D eigenvalue weighted by Gasteiger charge is 2.29. The van der Waals surface area contributed by atoms with Crippen LogP contribution in [0.2, 0.25) is 0 Å². The van der Waals surface area contributed by atoms with Crippen molar-refractivity contribution in [3.63, 3.8) is 0 Å². The molecular weight excluding hydrogens is 490 g/mol. The molecule has 0 saturated carbocycles. The standard InChI is InChI=1S/C28H31N3O5S/c1-34-26-12-13-27(35-2)28(18-26)37(32,33)30-24-14-16-31(20-24)15-3-17-36-25-10-8-23(9-11-25)22-6-4-21(19-29)5-7-22/h4-13,18,24,30H,3,14-17,20H2,1-2H3/t24-/m1/s1. The van der Waals surface area contributed by atoms with Gasteiger partial charge in [-0.3, -0.25) is 0 Å². The van der Waals surface area contributed by atoms with Gasteiger partial charge in [-0.05, 0) is 66.9 Å². The number of hydrogen-bond donors (Lipinski definition) is 1. The molecule has 0 aliphatic carbocycles. The first kappa shape index (κ1) is 26.5. The zero-order valence-electron chi connectivity index (χ0n) is 21.0. The molecule has 9 heteroatoms. The van der Waals surface area contributed by atoms with Gasteiger partial charge in [0, 0.05) is 25.2 Å². The van der Waals surface area contributed by atoms with E-state index in [9.17, 15) is 8.42 Å². The number of nitrogens with zero attached hydrogens (tertiary/aromatic N) is 2. The fraction of sp³-hybridized carbons (Fsp3) is 0.321. The van der Waals surface area contributed by atoms with Gasteiger partial charge in [0.1, 0.15) is 22.1 Å². The maximum atomic E-state index is 13.0. The molecule has 0 radical (unpaired) electrons. The summed E-state index contributed by atoms with van der Waals surface area (Å²) in [5, 5.41) is 8.94. The van der Waals surface area contributed by atoms with Gasteiger partial charge in [0.25, 0.3) is 0 Å². The van der Waals surface area contributed by atoms with Gasteiger partial charge in [0.15, 0.2) is 0 Å². The van der Waals surface area contributed by atoms with Gasteiger partial charge in [-0.15, -0.1) is 0 Å². The number of nitrogens with one attached hydrogen (secondary N) is 1. The first-order chi connectivity index (χ1) is 17.9. The van der Waals surface area contributed by atoms with E-state index in [1.807, 2.05) is 48.5 Å². The molecule has 1 fully saturated rings. The molecule has 1 aliphatic heterocycles. The van der Waals surface area contributed by atoms with Crippen molar-refractivity contribution < 1.29 is 22.6 Å². The van der Waals surface area contributed by atoms with Crippen LogP contribution in [0.25, 0.3) is 11.1 Å². The molecule has 0 spiro atoms. The molecule has 1 aliphatic rings. The van der Waals surface area contributed by atoms with Crippen LogP contribution in [0.3, 0.4) is 0 Å². The van der Waals surface area contributed by atoms with E-state index in [1.165, 1.54) is 20.3 Å². The largest absolute Gasteiger partial charge is 0.497 e. The number of benzene rings is 3. The summed E-state index contributed by atoms with van der Waals surface area (Å²) in [6.45, 7) is 2.86. The van der Waals surface area contributed by atoms with Crippen molar-refractivity contribution in [2.24, 2.45) is 0 Å². The van der Waals surface area contributed by atoms with Crippen LogP contribution in [0.1, 0.15) is 18.4 Å². The molecule has 0 bridgehead atoms. The predicted molar refractivity (Wildman–Crippen MR) is 141 cm³/mol. The van der Waals surface area contributed by atoms with E-state index in [-0.39, 0.29) is 16.7 Å². The Bertz CT molecular complexity index is 1340. The molecule has 4 rings (SSSR count). The summed E-state index contributed by atoms with van der Waals surface area (Å²) in [6.07, 6.45) is 1.57. The number of ether oxygens (including phenoxy) is 3. The Labute approximate surface area is 218 Å². The molecule has 3 aromatic rings. The molecule has 194 valence electrons. The van der Waals surface area contributed by atoms with Gasteiger partial charge in [-0.25, -0.2) is 13.1 Å². The fourth-order valence-corrected chi connectivity index (χ4v) is 5.81. The van der Waals surface area contributed by atoms with Crippen LogP contribution < -0.4 is 18.9 Å². The SMILES string of the molecule is COc1ccc(OC)c(S(=O)(=O)N[C@@H]2CCN(CCCOc3ccc(-c4ccc(C#N)cc4)cc3)C2)c1. The van der Waals surface area contributed by atoms with Crippen molar-refractivity contribution >= 4 is 10.0 Å². The minimum Gasteiger partial charge on any atom is -0.497 e. The summed E-state index contributed by atoms with van der Waals surface area (Å²) in [5.41, 5.74) is 2.76. The third-order valence-corrected chi connectivity index (χ3v) is 7.89. The predicted octanol–water partition coefficient (Wildman–Crippen LogP) is 4.06. The number of nitriles is 1. The van der Waals surface area contributed by atoms with Crippen LogP contribution in [-0.2, 0) is 10.0 Å². The summed E-state index contributed by atoms with van der Waals surface area (Å²) in [4.78, 5) is 2.32. The summed E-state index contributed by atoms with van der Waals surface area (Å²) in [6, 6.07) is 22.1. The highest BCUT2D eigenvalue weighted by molar-refractivity contribution is 7.89. The molecule has 0 aromatic heterocycles. The number of methoxy groups -OCH3 is 2. The minimum absolute atomic E-state index is 0.0754. The maximum Gasteiger partial charge on any atom is 0.244 e. The van der Waals surface area contributed by atoms with Crippen LogP contribution in [0.15, 0.2) is 71.6 Å². The van der Waals surface area contributed by atoms with Crippen molar-refractivity contribution in [2.75, 3.05) is 40.5 Å². The van der Waals surface area contributed by atoms with Gasteiger partial charge in [-0.1, -0.05) is 24.3 Å². The van der Waals surface area contributed by atoms with Crippen molar-refractivity contribution in [1.29, 1.82) is 5.26 Å². The molecule has 3 aromatic carbocycles. The minimum atomic E-state index is -3.75. The Morgan fingerprint density at radius 3 is 2.30 bits per heavy atom. The van der Waals surface area contributed by atoms with E-state index in [0.717, 1.165) is 42.8 Å². The van der Waals surface area contributed by atoms with Gasteiger partial charge >= 0.3 is 0 Å². The molecule has 8 nitrogen and oxygen atoms in total. The quantitative estimate of drug-likeness (QED) is 0.380. The number of rotatable bonds is 11. The lowest BCUT2D eigenvalue weighted by Crippen LogP contribution is -2.37. The molecule has 0 unspecified atom stereocenters. The highest BCUT2D eigenvalue weighted by Crippen LogP contribution is 2.29. The van der Waals surface area contributed by atoms with Crippen molar-refractivity contribution in [3.8, 4) is 34.4 Å². The monoisotopic (exact) mass is 521 g/mol. The molecular formula is C28H31N3O5S. The van der Waals surface area contributed by atoms with Gasteiger partial charge in [0.2, 0.25) is 10.0 Å². The smallest absolute Gasteiger partial charge is 0.244 e. The maximum absolute atomic E-state index is 13.0. The van der Waals surface area contributed by atoms with E-state index >= 15 is 0 Å². The van der Waals surface area contributed by atoms with E-state index in [1.54, 1.807) is 12.1 Å². The second-order valence-corrected chi connectivity index (χ2v) is 10.5. The third-order valence-electron chi connectivity index (χ3n) is 6.34. The van der Waals surface area contributed by atoms with Gasteiger partial charge < -0.3 is 19.1 Å². The van der Waals surface area contributed by atoms with E-state index < -0.39 is 10.0 Å². The topological polar surface area (TPSA) is 101 Å². The summed E-state index contributed by atoms with van der Waals surface area (Å²) in [7, 11) is -0.806. The van der Waals surface area contributed by atoms with Crippen LogP contribution in [0.5, 0.6) is 17.2 Å². The fourth-order valence-electron chi connectivity index (χ4n) is 4.37.